The quantitative estimate of drug-likeness (QED) is 0.901. The van der Waals surface area contributed by atoms with Crippen molar-refractivity contribution in [3.63, 3.8) is 0 Å². The third-order valence-corrected chi connectivity index (χ3v) is 4.51. The molecule has 5 nitrogen and oxygen atoms in total. The van der Waals surface area contributed by atoms with Crippen molar-refractivity contribution in [2.75, 3.05) is 39.3 Å². The number of hydrogen-bond acceptors (Lipinski definition) is 4. The van der Waals surface area contributed by atoms with Crippen LogP contribution in [0.3, 0.4) is 0 Å². The third-order valence-electron chi connectivity index (χ3n) is 4.51. The van der Waals surface area contributed by atoms with E-state index in [9.17, 15) is 18.0 Å². The van der Waals surface area contributed by atoms with Gasteiger partial charge < -0.3 is 15.0 Å². The third kappa shape index (κ3) is 3.81. The molecule has 2 aliphatic heterocycles. The molecule has 2 saturated heterocycles. The van der Waals surface area contributed by atoms with Gasteiger partial charge in [-0.05, 0) is 18.6 Å². The zero-order valence-corrected chi connectivity index (χ0v) is 13.2. The minimum Gasteiger partial charge on any atom is -0.434 e. The summed E-state index contributed by atoms with van der Waals surface area (Å²) in [6, 6.07) is 3.38. The average molecular weight is 343 g/mol. The molecule has 2 heterocycles. The van der Waals surface area contributed by atoms with Crippen molar-refractivity contribution in [1.29, 1.82) is 0 Å². The van der Waals surface area contributed by atoms with Crippen molar-refractivity contribution in [2.24, 2.45) is 0 Å². The summed E-state index contributed by atoms with van der Waals surface area (Å²) in [5.74, 6) is -1.54. The van der Waals surface area contributed by atoms with Gasteiger partial charge in [-0.15, -0.1) is 0 Å². The van der Waals surface area contributed by atoms with Crippen molar-refractivity contribution >= 4 is 5.91 Å². The first kappa shape index (κ1) is 17.0. The number of amides is 1. The standard InChI is InChI=1S/C16H20F3N3O2/c17-11-1-2-13(14(9-11)24-16(18)19)15(23)22-6-3-12(10-22)21-7-4-20-5-8-21/h1-2,9,12,16,20H,3-8,10H2. The number of halogens is 3. The van der Waals surface area contributed by atoms with Gasteiger partial charge in [-0.3, -0.25) is 9.69 Å². The Bertz CT molecular complexity index is 594. The number of ether oxygens (including phenoxy) is 1. The van der Waals surface area contributed by atoms with Crippen LogP contribution in [-0.2, 0) is 0 Å². The zero-order chi connectivity index (χ0) is 17.1. The van der Waals surface area contributed by atoms with Crippen molar-refractivity contribution in [2.45, 2.75) is 19.1 Å². The monoisotopic (exact) mass is 343 g/mol. The topological polar surface area (TPSA) is 44.8 Å². The SMILES string of the molecule is O=C(c1ccc(F)cc1OC(F)F)N1CCC(N2CCNCC2)C1. The number of likely N-dealkylation sites (tertiary alicyclic amines) is 1. The second kappa shape index (κ2) is 7.40. The molecule has 0 saturated carbocycles. The Labute approximate surface area is 138 Å². The number of hydrogen-bond donors (Lipinski definition) is 1. The molecule has 0 radical (unpaired) electrons. The van der Waals surface area contributed by atoms with Crippen molar-refractivity contribution in [1.82, 2.24) is 15.1 Å². The van der Waals surface area contributed by atoms with Gasteiger partial charge in [0.15, 0.2) is 0 Å². The largest absolute Gasteiger partial charge is 0.434 e. The van der Waals surface area contributed by atoms with E-state index in [2.05, 4.69) is 15.0 Å². The first-order valence-corrected chi connectivity index (χ1v) is 8.03. The van der Waals surface area contributed by atoms with Gasteiger partial charge in [-0.25, -0.2) is 4.39 Å². The van der Waals surface area contributed by atoms with Crippen LogP contribution in [0.2, 0.25) is 0 Å². The maximum Gasteiger partial charge on any atom is 0.387 e. The van der Waals surface area contributed by atoms with E-state index in [1.54, 1.807) is 4.90 Å². The number of benzene rings is 1. The predicted molar refractivity (Wildman–Crippen MR) is 81.8 cm³/mol. The summed E-state index contributed by atoms with van der Waals surface area (Å²) >= 11 is 0. The summed E-state index contributed by atoms with van der Waals surface area (Å²) in [5, 5.41) is 3.28. The minimum absolute atomic E-state index is 0.0299. The fourth-order valence-electron chi connectivity index (χ4n) is 3.31. The normalized spacial score (nSPS) is 22.2. The van der Waals surface area contributed by atoms with Gasteiger partial charge in [-0.1, -0.05) is 0 Å². The van der Waals surface area contributed by atoms with E-state index < -0.39 is 24.1 Å². The molecule has 1 aromatic carbocycles. The highest BCUT2D eigenvalue weighted by molar-refractivity contribution is 5.97. The van der Waals surface area contributed by atoms with Gasteiger partial charge in [-0.2, -0.15) is 8.78 Å². The van der Waals surface area contributed by atoms with Crippen molar-refractivity contribution in [3.8, 4) is 5.75 Å². The highest BCUT2D eigenvalue weighted by Gasteiger charge is 2.32. The van der Waals surface area contributed by atoms with Crippen LogP contribution in [-0.4, -0.2) is 67.6 Å². The molecule has 24 heavy (non-hydrogen) atoms. The second-order valence-electron chi connectivity index (χ2n) is 6.00. The molecular formula is C16H20F3N3O2. The number of carbonyl (C=O) groups excluding carboxylic acids is 1. The summed E-state index contributed by atoms with van der Waals surface area (Å²) in [7, 11) is 0. The molecule has 3 rings (SSSR count). The molecule has 0 aliphatic carbocycles. The summed E-state index contributed by atoms with van der Waals surface area (Å²) in [5.41, 5.74) is -0.0299. The van der Waals surface area contributed by atoms with E-state index in [4.69, 9.17) is 0 Å². The summed E-state index contributed by atoms with van der Waals surface area (Å²) in [4.78, 5) is 16.6. The summed E-state index contributed by atoms with van der Waals surface area (Å²) in [6.07, 6.45) is 0.845. The fraction of sp³-hybridized carbons (Fsp3) is 0.562. The first-order valence-electron chi connectivity index (χ1n) is 8.03. The van der Waals surface area contributed by atoms with Gasteiger partial charge in [0, 0.05) is 51.4 Å². The zero-order valence-electron chi connectivity index (χ0n) is 13.2. The highest BCUT2D eigenvalue weighted by Crippen LogP contribution is 2.26. The van der Waals surface area contributed by atoms with Crippen LogP contribution >= 0.6 is 0 Å². The van der Waals surface area contributed by atoms with Gasteiger partial charge in [0.05, 0.1) is 5.56 Å². The van der Waals surface area contributed by atoms with Gasteiger partial charge >= 0.3 is 6.61 Å². The average Bonchev–Trinajstić information content (AvgIpc) is 3.05. The number of alkyl halides is 2. The van der Waals surface area contributed by atoms with E-state index in [0.29, 0.717) is 13.1 Å². The molecular weight excluding hydrogens is 323 g/mol. The molecule has 0 bridgehead atoms. The molecule has 8 heteroatoms. The Morgan fingerprint density at radius 1 is 1.25 bits per heavy atom. The van der Waals surface area contributed by atoms with Crippen LogP contribution in [0.5, 0.6) is 5.75 Å². The maximum absolute atomic E-state index is 13.3. The lowest BCUT2D eigenvalue weighted by atomic mass is 10.1. The first-order chi connectivity index (χ1) is 11.5. The molecule has 1 atom stereocenters. The molecule has 2 fully saturated rings. The Kier molecular flexibility index (Phi) is 5.25. The van der Waals surface area contributed by atoms with Crippen molar-refractivity contribution in [3.05, 3.63) is 29.6 Å². The van der Waals surface area contributed by atoms with E-state index >= 15 is 0 Å². The Hall–Kier alpha value is -1.80. The van der Waals surface area contributed by atoms with Crippen LogP contribution in [0.15, 0.2) is 18.2 Å². The second-order valence-corrected chi connectivity index (χ2v) is 6.00. The lowest BCUT2D eigenvalue weighted by molar-refractivity contribution is -0.0504. The van der Waals surface area contributed by atoms with Crippen LogP contribution in [0.4, 0.5) is 13.2 Å². The van der Waals surface area contributed by atoms with Crippen LogP contribution < -0.4 is 10.1 Å². The molecule has 1 unspecified atom stereocenters. The van der Waals surface area contributed by atoms with Crippen molar-refractivity contribution < 1.29 is 22.7 Å². The lowest BCUT2D eigenvalue weighted by Gasteiger charge is -2.32. The maximum atomic E-state index is 13.3. The lowest BCUT2D eigenvalue weighted by Crippen LogP contribution is -2.49. The van der Waals surface area contributed by atoms with Crippen LogP contribution in [0, 0.1) is 5.82 Å². The predicted octanol–water partition coefficient (Wildman–Crippen LogP) is 1.55. The van der Waals surface area contributed by atoms with E-state index in [-0.39, 0.29) is 11.6 Å². The smallest absolute Gasteiger partial charge is 0.387 e. The van der Waals surface area contributed by atoms with E-state index in [1.807, 2.05) is 0 Å². The highest BCUT2D eigenvalue weighted by atomic mass is 19.3. The Morgan fingerprint density at radius 3 is 2.71 bits per heavy atom. The van der Waals surface area contributed by atoms with Crippen LogP contribution in [0.1, 0.15) is 16.8 Å². The van der Waals surface area contributed by atoms with Gasteiger partial charge in [0.25, 0.3) is 5.91 Å². The van der Waals surface area contributed by atoms with E-state index in [1.165, 1.54) is 6.07 Å². The number of piperazine rings is 1. The number of rotatable bonds is 4. The molecule has 2 aliphatic rings. The number of nitrogens with one attached hydrogen (secondary N) is 1. The van der Waals surface area contributed by atoms with E-state index in [0.717, 1.165) is 44.7 Å². The van der Waals surface area contributed by atoms with Gasteiger partial charge in [0.1, 0.15) is 11.6 Å². The number of carbonyl (C=O) groups is 1. The molecule has 0 spiro atoms. The minimum atomic E-state index is -3.11. The summed E-state index contributed by atoms with van der Waals surface area (Å²) < 4.78 is 42.6. The Morgan fingerprint density at radius 2 is 2.00 bits per heavy atom. The van der Waals surface area contributed by atoms with Crippen LogP contribution in [0.25, 0.3) is 0 Å². The number of nitrogens with zero attached hydrogens (tertiary/aromatic N) is 2. The summed E-state index contributed by atoms with van der Waals surface area (Å²) in [6.45, 7) is 1.71. The molecule has 0 aromatic heterocycles. The van der Waals surface area contributed by atoms with Gasteiger partial charge in [0.2, 0.25) is 0 Å². The molecule has 1 amide bonds. The molecule has 132 valence electrons. The molecule has 1 N–H and O–H groups in total. The molecule has 1 aromatic rings. The Balaban J connectivity index is 1.70. The fourth-order valence-corrected chi connectivity index (χ4v) is 3.31.